The molecule has 0 aliphatic heterocycles. The van der Waals surface area contributed by atoms with Gasteiger partial charge in [-0.2, -0.15) is 0 Å². The molecule has 0 amide bonds. The minimum atomic E-state index is -0.558. The van der Waals surface area contributed by atoms with Gasteiger partial charge < -0.3 is 5.11 Å². The van der Waals surface area contributed by atoms with Crippen molar-refractivity contribution in [3.63, 3.8) is 0 Å². The lowest BCUT2D eigenvalue weighted by atomic mass is 9.60. The van der Waals surface area contributed by atoms with Crippen LogP contribution in [-0.2, 0) is 4.79 Å². The highest BCUT2D eigenvalue weighted by molar-refractivity contribution is 5.76. The molecule has 0 aromatic heterocycles. The largest absolute Gasteiger partial charge is 0.481 e. The Morgan fingerprint density at radius 3 is 2.20 bits per heavy atom. The Morgan fingerprint density at radius 1 is 1.33 bits per heavy atom. The van der Waals surface area contributed by atoms with E-state index in [1.54, 1.807) is 0 Å². The van der Waals surface area contributed by atoms with E-state index in [1.165, 1.54) is 0 Å². The summed E-state index contributed by atoms with van der Waals surface area (Å²) in [5.74, 6) is -0.558. The minimum Gasteiger partial charge on any atom is -0.481 e. The summed E-state index contributed by atoms with van der Waals surface area (Å²) in [6.45, 7) is 6.47. The van der Waals surface area contributed by atoms with Crippen molar-refractivity contribution in [2.24, 2.45) is 10.8 Å². The van der Waals surface area contributed by atoms with Crippen molar-refractivity contribution >= 4 is 5.97 Å². The first-order valence-corrected chi connectivity index (χ1v) is 6.26. The summed E-state index contributed by atoms with van der Waals surface area (Å²) in [5, 5.41) is 9.56. The molecule has 0 spiro atoms. The standard InChI is InChI=1S/C13H24O2/c1-4-8-12(3,5-2)13(11(14)15)9-6-7-10-13/h4-10H2,1-3H3,(H,14,15). The van der Waals surface area contributed by atoms with E-state index in [2.05, 4.69) is 20.8 Å². The normalized spacial score (nSPS) is 23.7. The van der Waals surface area contributed by atoms with Crippen molar-refractivity contribution in [3.05, 3.63) is 0 Å². The maximum atomic E-state index is 11.6. The van der Waals surface area contributed by atoms with E-state index in [0.29, 0.717) is 0 Å². The van der Waals surface area contributed by atoms with Gasteiger partial charge in [-0.05, 0) is 31.1 Å². The van der Waals surface area contributed by atoms with Crippen LogP contribution in [0, 0.1) is 10.8 Å². The highest BCUT2D eigenvalue weighted by Crippen LogP contribution is 2.55. The van der Waals surface area contributed by atoms with E-state index < -0.39 is 11.4 Å². The fourth-order valence-electron chi connectivity index (χ4n) is 3.36. The van der Waals surface area contributed by atoms with Gasteiger partial charge in [-0.15, -0.1) is 0 Å². The number of hydrogen-bond acceptors (Lipinski definition) is 1. The van der Waals surface area contributed by atoms with E-state index >= 15 is 0 Å². The zero-order chi connectivity index (χ0) is 11.5. The van der Waals surface area contributed by atoms with Gasteiger partial charge in [0.1, 0.15) is 0 Å². The molecule has 1 N–H and O–H groups in total. The lowest BCUT2D eigenvalue weighted by Crippen LogP contribution is -2.44. The van der Waals surface area contributed by atoms with E-state index in [4.69, 9.17) is 0 Å². The number of aliphatic carboxylic acids is 1. The molecule has 1 saturated carbocycles. The summed E-state index contributed by atoms with van der Waals surface area (Å²) >= 11 is 0. The molecule has 2 heteroatoms. The second-order valence-corrected chi connectivity index (χ2v) is 5.26. The minimum absolute atomic E-state index is 0.00984. The van der Waals surface area contributed by atoms with Gasteiger partial charge in [0.05, 0.1) is 5.41 Å². The van der Waals surface area contributed by atoms with Crippen LogP contribution in [0.4, 0.5) is 0 Å². The highest BCUT2D eigenvalue weighted by Gasteiger charge is 2.53. The summed E-state index contributed by atoms with van der Waals surface area (Å²) in [6.07, 6.45) is 7.04. The van der Waals surface area contributed by atoms with Crippen molar-refractivity contribution in [1.29, 1.82) is 0 Å². The fraction of sp³-hybridized carbons (Fsp3) is 0.923. The molecule has 1 aliphatic carbocycles. The Hall–Kier alpha value is -0.530. The second-order valence-electron chi connectivity index (χ2n) is 5.26. The first-order chi connectivity index (χ1) is 7.02. The van der Waals surface area contributed by atoms with Gasteiger partial charge in [-0.1, -0.05) is 40.0 Å². The molecule has 88 valence electrons. The third-order valence-electron chi connectivity index (χ3n) is 4.60. The van der Waals surface area contributed by atoms with Crippen molar-refractivity contribution in [2.75, 3.05) is 0 Å². The van der Waals surface area contributed by atoms with Crippen LogP contribution in [0.3, 0.4) is 0 Å². The summed E-state index contributed by atoms with van der Waals surface area (Å²) in [5.41, 5.74) is -0.443. The molecule has 1 atom stereocenters. The predicted octanol–water partition coefficient (Wildman–Crippen LogP) is 3.85. The molecule has 0 radical (unpaired) electrons. The molecule has 1 aliphatic rings. The van der Waals surface area contributed by atoms with Crippen LogP contribution >= 0.6 is 0 Å². The van der Waals surface area contributed by atoms with Gasteiger partial charge in [0, 0.05) is 0 Å². The number of carbonyl (C=O) groups is 1. The number of hydrogen-bond donors (Lipinski definition) is 1. The molecular formula is C13H24O2. The molecule has 15 heavy (non-hydrogen) atoms. The first kappa shape index (κ1) is 12.5. The van der Waals surface area contributed by atoms with E-state index in [-0.39, 0.29) is 5.41 Å². The smallest absolute Gasteiger partial charge is 0.310 e. The lowest BCUT2D eigenvalue weighted by molar-refractivity contribution is -0.158. The Balaban J connectivity index is 3.00. The molecule has 0 aromatic carbocycles. The molecular weight excluding hydrogens is 188 g/mol. The maximum absolute atomic E-state index is 11.6. The number of carboxylic acid groups (broad SMARTS) is 1. The first-order valence-electron chi connectivity index (χ1n) is 6.26. The zero-order valence-corrected chi connectivity index (χ0v) is 10.3. The molecule has 0 heterocycles. The molecule has 0 saturated heterocycles. The van der Waals surface area contributed by atoms with Crippen LogP contribution in [0.5, 0.6) is 0 Å². The average Bonchev–Trinajstić information content (AvgIpc) is 2.68. The lowest BCUT2D eigenvalue weighted by Gasteiger charge is -2.43. The highest BCUT2D eigenvalue weighted by atomic mass is 16.4. The Morgan fingerprint density at radius 2 is 1.87 bits per heavy atom. The van der Waals surface area contributed by atoms with Crippen LogP contribution in [0.15, 0.2) is 0 Å². The van der Waals surface area contributed by atoms with Gasteiger partial charge in [-0.25, -0.2) is 0 Å². The average molecular weight is 212 g/mol. The molecule has 1 unspecified atom stereocenters. The number of carboxylic acids is 1. The van der Waals surface area contributed by atoms with E-state index in [9.17, 15) is 9.90 Å². The summed E-state index contributed by atoms with van der Waals surface area (Å²) in [4.78, 5) is 11.6. The quantitative estimate of drug-likeness (QED) is 0.751. The SMILES string of the molecule is CCCC(C)(CC)C1(C(=O)O)CCCC1. The summed E-state index contributed by atoms with van der Waals surface area (Å²) < 4.78 is 0. The van der Waals surface area contributed by atoms with Gasteiger partial charge in [0.15, 0.2) is 0 Å². The van der Waals surface area contributed by atoms with Crippen LogP contribution in [0.1, 0.15) is 65.7 Å². The van der Waals surface area contributed by atoms with Gasteiger partial charge in [-0.3, -0.25) is 4.79 Å². The number of rotatable bonds is 5. The third-order valence-corrected chi connectivity index (χ3v) is 4.60. The Bertz CT molecular complexity index is 229. The van der Waals surface area contributed by atoms with Crippen molar-refractivity contribution < 1.29 is 9.90 Å². The monoisotopic (exact) mass is 212 g/mol. The topological polar surface area (TPSA) is 37.3 Å². The van der Waals surface area contributed by atoms with Crippen molar-refractivity contribution in [2.45, 2.75) is 65.7 Å². The predicted molar refractivity (Wildman–Crippen MR) is 61.8 cm³/mol. The van der Waals surface area contributed by atoms with Gasteiger partial charge >= 0.3 is 5.97 Å². The van der Waals surface area contributed by atoms with E-state index in [0.717, 1.165) is 44.9 Å². The van der Waals surface area contributed by atoms with Crippen LogP contribution in [0.2, 0.25) is 0 Å². The second kappa shape index (κ2) is 4.54. The Kier molecular flexibility index (Phi) is 3.80. The summed E-state index contributed by atoms with van der Waals surface area (Å²) in [6, 6.07) is 0. The van der Waals surface area contributed by atoms with Crippen molar-refractivity contribution in [3.8, 4) is 0 Å². The van der Waals surface area contributed by atoms with Gasteiger partial charge in [0.2, 0.25) is 0 Å². The molecule has 1 fully saturated rings. The molecule has 0 bridgehead atoms. The summed E-state index contributed by atoms with van der Waals surface area (Å²) in [7, 11) is 0. The molecule has 1 rings (SSSR count). The van der Waals surface area contributed by atoms with Crippen molar-refractivity contribution in [1.82, 2.24) is 0 Å². The molecule has 2 nitrogen and oxygen atoms in total. The maximum Gasteiger partial charge on any atom is 0.310 e. The Labute approximate surface area is 93.1 Å². The zero-order valence-electron chi connectivity index (χ0n) is 10.3. The van der Waals surface area contributed by atoms with Crippen LogP contribution in [0.25, 0.3) is 0 Å². The third kappa shape index (κ3) is 1.91. The molecule has 0 aromatic rings. The fourth-order valence-corrected chi connectivity index (χ4v) is 3.36. The van der Waals surface area contributed by atoms with E-state index in [1.807, 2.05) is 0 Å². The van der Waals surface area contributed by atoms with Crippen LogP contribution in [-0.4, -0.2) is 11.1 Å². The van der Waals surface area contributed by atoms with Gasteiger partial charge in [0.25, 0.3) is 0 Å². The van der Waals surface area contributed by atoms with Crippen LogP contribution < -0.4 is 0 Å².